The number of nitrogens with zero attached hydrogens (tertiary/aromatic N) is 1. The van der Waals surface area contributed by atoms with Crippen molar-refractivity contribution in [3.05, 3.63) is 83.7 Å². The number of pyridine rings is 1. The number of hydrogen-bond acceptors (Lipinski definition) is 4. The van der Waals surface area contributed by atoms with Crippen LogP contribution >= 0.6 is 0 Å². The number of methoxy groups -OCH3 is 1. The first-order chi connectivity index (χ1) is 13.7. The number of aromatic nitrogens is 1. The average Bonchev–Trinajstić information content (AvgIpc) is 2.75. The number of rotatable bonds is 8. The molecule has 2 N–H and O–H groups in total. The van der Waals surface area contributed by atoms with E-state index >= 15 is 0 Å². The fourth-order valence-electron chi connectivity index (χ4n) is 2.80. The number of ether oxygens (including phenoxy) is 1. The highest BCUT2D eigenvalue weighted by molar-refractivity contribution is 6.02. The number of carbonyl (C=O) groups excluding carboxylic acids is 1. The van der Waals surface area contributed by atoms with Gasteiger partial charge in [0.05, 0.1) is 19.0 Å². The summed E-state index contributed by atoms with van der Waals surface area (Å²) in [6.45, 7) is 2.88. The highest BCUT2D eigenvalue weighted by Gasteiger charge is 2.07. The highest BCUT2D eigenvalue weighted by atomic mass is 16.5. The van der Waals surface area contributed by atoms with Crippen molar-refractivity contribution in [1.82, 2.24) is 4.98 Å². The Hall–Kier alpha value is -3.34. The minimum atomic E-state index is -0.214. The molecule has 3 rings (SSSR count). The van der Waals surface area contributed by atoms with Gasteiger partial charge in [-0.3, -0.25) is 4.79 Å². The van der Waals surface area contributed by atoms with Gasteiger partial charge in [-0.1, -0.05) is 31.2 Å². The fraction of sp³-hybridized carbons (Fsp3) is 0.217. The maximum absolute atomic E-state index is 12.3. The van der Waals surface area contributed by atoms with Crippen LogP contribution in [0, 0.1) is 0 Å². The molecule has 0 spiro atoms. The summed E-state index contributed by atoms with van der Waals surface area (Å²) in [6.07, 6.45) is 3.55. The van der Waals surface area contributed by atoms with E-state index < -0.39 is 0 Å². The molecular formula is C23H25N3O2. The number of aryl methyl sites for hydroxylation is 1. The quantitative estimate of drug-likeness (QED) is 0.606. The molecule has 5 heteroatoms. The van der Waals surface area contributed by atoms with E-state index in [1.807, 2.05) is 42.5 Å². The van der Waals surface area contributed by atoms with Crippen molar-refractivity contribution in [2.75, 3.05) is 24.3 Å². The first kappa shape index (κ1) is 19.4. The van der Waals surface area contributed by atoms with Crippen molar-refractivity contribution in [3.63, 3.8) is 0 Å². The largest absolute Gasteiger partial charge is 0.497 e. The van der Waals surface area contributed by atoms with E-state index in [1.165, 1.54) is 11.1 Å². The maximum atomic E-state index is 12.3. The highest BCUT2D eigenvalue weighted by Crippen LogP contribution is 2.14. The van der Waals surface area contributed by atoms with Crippen molar-refractivity contribution in [2.24, 2.45) is 0 Å². The van der Waals surface area contributed by atoms with E-state index in [2.05, 4.69) is 34.7 Å². The summed E-state index contributed by atoms with van der Waals surface area (Å²) < 4.78 is 5.16. The SMILES string of the molecule is CCc1ccc(NC(=O)c2ccc(NCCc3ccc(OC)cc3)cn2)cc1. The van der Waals surface area contributed by atoms with Crippen LogP contribution < -0.4 is 15.4 Å². The lowest BCUT2D eigenvalue weighted by Crippen LogP contribution is -2.14. The van der Waals surface area contributed by atoms with Gasteiger partial charge >= 0.3 is 0 Å². The molecule has 3 aromatic rings. The van der Waals surface area contributed by atoms with Gasteiger partial charge in [-0.15, -0.1) is 0 Å². The van der Waals surface area contributed by atoms with Crippen molar-refractivity contribution in [1.29, 1.82) is 0 Å². The Morgan fingerprint density at radius 1 is 0.929 bits per heavy atom. The van der Waals surface area contributed by atoms with Crippen LogP contribution in [0.25, 0.3) is 0 Å². The van der Waals surface area contributed by atoms with Gasteiger partial charge in [0.1, 0.15) is 11.4 Å². The summed E-state index contributed by atoms with van der Waals surface area (Å²) in [5.41, 5.74) is 4.51. The Bertz CT molecular complexity index is 889. The number of nitrogens with one attached hydrogen (secondary N) is 2. The van der Waals surface area contributed by atoms with Gasteiger partial charge in [0.15, 0.2) is 0 Å². The molecule has 144 valence electrons. The van der Waals surface area contributed by atoms with Crippen LogP contribution in [0.5, 0.6) is 5.75 Å². The van der Waals surface area contributed by atoms with Crippen molar-refractivity contribution < 1.29 is 9.53 Å². The van der Waals surface area contributed by atoms with Gasteiger partial charge in [0, 0.05) is 12.2 Å². The second-order valence-electron chi connectivity index (χ2n) is 6.46. The predicted molar refractivity (Wildman–Crippen MR) is 113 cm³/mol. The van der Waals surface area contributed by atoms with Crippen LogP contribution in [0.15, 0.2) is 66.9 Å². The maximum Gasteiger partial charge on any atom is 0.274 e. The zero-order valence-electron chi connectivity index (χ0n) is 16.2. The van der Waals surface area contributed by atoms with Gasteiger partial charge < -0.3 is 15.4 Å². The van der Waals surface area contributed by atoms with E-state index in [1.54, 1.807) is 19.4 Å². The molecule has 0 saturated carbocycles. The summed E-state index contributed by atoms with van der Waals surface area (Å²) in [7, 11) is 1.66. The molecule has 1 heterocycles. The van der Waals surface area contributed by atoms with Crippen LogP contribution in [-0.2, 0) is 12.8 Å². The zero-order valence-corrected chi connectivity index (χ0v) is 16.2. The molecule has 0 aliphatic carbocycles. The molecule has 0 unspecified atom stereocenters. The Balaban J connectivity index is 1.49. The Kier molecular flexibility index (Phi) is 6.63. The number of amides is 1. The van der Waals surface area contributed by atoms with Gasteiger partial charge in [-0.2, -0.15) is 0 Å². The van der Waals surface area contributed by atoms with Crippen LogP contribution in [0.4, 0.5) is 11.4 Å². The molecule has 0 atom stereocenters. The summed E-state index contributed by atoms with van der Waals surface area (Å²) in [5.74, 6) is 0.644. The Morgan fingerprint density at radius 2 is 1.61 bits per heavy atom. The van der Waals surface area contributed by atoms with Gasteiger partial charge in [-0.25, -0.2) is 4.98 Å². The standard InChI is InChI=1S/C23H25N3O2/c1-3-17-4-8-19(9-5-17)26-23(27)22-13-10-20(16-25-22)24-15-14-18-6-11-21(28-2)12-7-18/h4-13,16,24H,3,14-15H2,1-2H3,(H,26,27). The average molecular weight is 375 g/mol. The second-order valence-corrected chi connectivity index (χ2v) is 6.46. The summed E-state index contributed by atoms with van der Waals surface area (Å²) in [4.78, 5) is 16.6. The van der Waals surface area contributed by atoms with Crippen molar-refractivity contribution in [3.8, 4) is 5.75 Å². The van der Waals surface area contributed by atoms with E-state index in [-0.39, 0.29) is 5.91 Å². The molecule has 1 aromatic heterocycles. The summed E-state index contributed by atoms with van der Waals surface area (Å²) >= 11 is 0. The van der Waals surface area contributed by atoms with Crippen LogP contribution in [0.1, 0.15) is 28.5 Å². The topological polar surface area (TPSA) is 63.2 Å². The number of carbonyl (C=O) groups is 1. The van der Waals surface area contributed by atoms with Gasteiger partial charge in [0.25, 0.3) is 5.91 Å². The second kappa shape index (κ2) is 9.55. The lowest BCUT2D eigenvalue weighted by molar-refractivity contribution is 0.102. The smallest absolute Gasteiger partial charge is 0.274 e. The monoisotopic (exact) mass is 375 g/mol. The summed E-state index contributed by atoms with van der Waals surface area (Å²) in [5, 5.41) is 6.20. The summed E-state index contributed by atoms with van der Waals surface area (Å²) in [6, 6.07) is 19.5. The van der Waals surface area contributed by atoms with E-state index in [0.29, 0.717) is 5.69 Å². The Morgan fingerprint density at radius 3 is 2.21 bits per heavy atom. The fourth-order valence-corrected chi connectivity index (χ4v) is 2.80. The molecule has 0 aliphatic rings. The molecule has 28 heavy (non-hydrogen) atoms. The van der Waals surface area contributed by atoms with E-state index in [4.69, 9.17) is 4.74 Å². The third kappa shape index (κ3) is 5.33. The number of benzene rings is 2. The minimum Gasteiger partial charge on any atom is -0.497 e. The van der Waals surface area contributed by atoms with Gasteiger partial charge in [-0.05, 0) is 60.4 Å². The lowest BCUT2D eigenvalue weighted by atomic mass is 10.1. The molecule has 0 saturated heterocycles. The molecule has 1 amide bonds. The minimum absolute atomic E-state index is 0.214. The lowest BCUT2D eigenvalue weighted by Gasteiger charge is -2.08. The normalized spacial score (nSPS) is 10.4. The number of anilines is 2. The molecule has 2 aromatic carbocycles. The first-order valence-corrected chi connectivity index (χ1v) is 9.41. The first-order valence-electron chi connectivity index (χ1n) is 9.41. The third-order valence-electron chi connectivity index (χ3n) is 4.52. The van der Waals surface area contributed by atoms with Crippen molar-refractivity contribution in [2.45, 2.75) is 19.8 Å². The zero-order chi connectivity index (χ0) is 19.8. The van der Waals surface area contributed by atoms with Crippen LogP contribution in [0.2, 0.25) is 0 Å². The van der Waals surface area contributed by atoms with Crippen LogP contribution in [0.3, 0.4) is 0 Å². The molecular weight excluding hydrogens is 350 g/mol. The molecule has 0 radical (unpaired) electrons. The molecule has 0 fully saturated rings. The van der Waals surface area contributed by atoms with E-state index in [0.717, 1.165) is 36.5 Å². The molecule has 0 aliphatic heterocycles. The van der Waals surface area contributed by atoms with Gasteiger partial charge in [0.2, 0.25) is 0 Å². The number of hydrogen-bond donors (Lipinski definition) is 2. The predicted octanol–water partition coefficient (Wildman–Crippen LogP) is 4.56. The Labute approximate surface area is 165 Å². The van der Waals surface area contributed by atoms with E-state index in [9.17, 15) is 4.79 Å². The van der Waals surface area contributed by atoms with Crippen LogP contribution in [-0.4, -0.2) is 24.5 Å². The molecule has 0 bridgehead atoms. The third-order valence-corrected chi connectivity index (χ3v) is 4.52. The molecule has 5 nitrogen and oxygen atoms in total. The van der Waals surface area contributed by atoms with Crippen molar-refractivity contribution >= 4 is 17.3 Å².